The van der Waals surface area contributed by atoms with Crippen LogP contribution in [0.5, 0.6) is 0 Å². The lowest BCUT2D eigenvalue weighted by molar-refractivity contribution is 0.123. The van der Waals surface area contributed by atoms with Gasteiger partial charge in [-0.25, -0.2) is 0 Å². The summed E-state index contributed by atoms with van der Waals surface area (Å²) in [5.74, 6) is 1.07. The quantitative estimate of drug-likeness (QED) is 0.669. The molecule has 2 nitrogen and oxygen atoms in total. The summed E-state index contributed by atoms with van der Waals surface area (Å²) >= 11 is 0. The van der Waals surface area contributed by atoms with Gasteiger partial charge in [0.05, 0.1) is 6.10 Å². The number of aliphatic hydroxyl groups excluding tert-OH is 1. The average Bonchev–Trinajstić information content (AvgIpc) is 2.01. The van der Waals surface area contributed by atoms with Gasteiger partial charge in [0, 0.05) is 6.04 Å². The highest BCUT2D eigenvalue weighted by Gasteiger charge is 2.16. The molecule has 0 heterocycles. The largest absolute Gasteiger partial charge is 0.393 e. The lowest BCUT2D eigenvalue weighted by Gasteiger charge is -2.22. The standard InChI is InChI=1S/C11H25NO/c1-5-9(4)11(12)7-10(13)6-8(2)3/h8-11,13H,5-7,12H2,1-4H3. The zero-order valence-corrected chi connectivity index (χ0v) is 9.46. The van der Waals surface area contributed by atoms with Gasteiger partial charge in [-0.15, -0.1) is 0 Å². The van der Waals surface area contributed by atoms with Crippen molar-refractivity contribution in [3.05, 3.63) is 0 Å². The predicted octanol–water partition coefficient (Wildman–Crippen LogP) is 2.16. The summed E-state index contributed by atoms with van der Waals surface area (Å²) in [5, 5.41) is 9.65. The molecular formula is C11H25NO. The third-order valence-electron chi connectivity index (χ3n) is 2.66. The molecule has 0 radical (unpaired) electrons. The minimum absolute atomic E-state index is 0.152. The second-order valence-electron chi connectivity index (χ2n) is 4.57. The molecule has 0 aliphatic rings. The summed E-state index contributed by atoms with van der Waals surface area (Å²) < 4.78 is 0. The van der Waals surface area contributed by atoms with E-state index in [1.807, 2.05) is 0 Å². The third kappa shape index (κ3) is 6.05. The average molecular weight is 187 g/mol. The van der Waals surface area contributed by atoms with Crippen LogP contribution in [-0.2, 0) is 0 Å². The molecule has 0 aliphatic carbocycles. The Morgan fingerprint density at radius 2 is 1.69 bits per heavy atom. The van der Waals surface area contributed by atoms with Crippen molar-refractivity contribution in [2.75, 3.05) is 0 Å². The van der Waals surface area contributed by atoms with Gasteiger partial charge >= 0.3 is 0 Å². The monoisotopic (exact) mass is 187 g/mol. The molecule has 0 aromatic carbocycles. The predicted molar refractivity (Wildman–Crippen MR) is 57.5 cm³/mol. The van der Waals surface area contributed by atoms with Crippen LogP contribution in [0, 0.1) is 11.8 Å². The summed E-state index contributed by atoms with van der Waals surface area (Å²) in [6.07, 6.45) is 2.48. The topological polar surface area (TPSA) is 46.2 Å². The molecular weight excluding hydrogens is 162 g/mol. The molecule has 0 fully saturated rings. The fourth-order valence-corrected chi connectivity index (χ4v) is 1.49. The van der Waals surface area contributed by atoms with E-state index in [2.05, 4.69) is 27.7 Å². The van der Waals surface area contributed by atoms with Crippen molar-refractivity contribution in [1.82, 2.24) is 0 Å². The summed E-state index contributed by atoms with van der Waals surface area (Å²) in [6.45, 7) is 8.53. The van der Waals surface area contributed by atoms with Crippen LogP contribution in [0.4, 0.5) is 0 Å². The molecule has 0 saturated carbocycles. The van der Waals surface area contributed by atoms with E-state index in [9.17, 15) is 5.11 Å². The number of hydrogen-bond acceptors (Lipinski definition) is 2. The van der Waals surface area contributed by atoms with Gasteiger partial charge in [-0.3, -0.25) is 0 Å². The Labute approximate surface area is 82.5 Å². The fraction of sp³-hybridized carbons (Fsp3) is 1.00. The summed E-state index contributed by atoms with van der Waals surface area (Å²) in [4.78, 5) is 0. The molecule has 0 aromatic rings. The smallest absolute Gasteiger partial charge is 0.0557 e. The van der Waals surface area contributed by atoms with Gasteiger partial charge in [-0.2, -0.15) is 0 Å². The van der Waals surface area contributed by atoms with E-state index < -0.39 is 0 Å². The van der Waals surface area contributed by atoms with Crippen LogP contribution in [0.15, 0.2) is 0 Å². The first-order valence-electron chi connectivity index (χ1n) is 5.41. The molecule has 0 bridgehead atoms. The van der Waals surface area contributed by atoms with E-state index in [0.29, 0.717) is 11.8 Å². The van der Waals surface area contributed by atoms with E-state index in [-0.39, 0.29) is 12.1 Å². The molecule has 3 N–H and O–H groups in total. The minimum atomic E-state index is -0.219. The van der Waals surface area contributed by atoms with Crippen LogP contribution in [0.1, 0.15) is 47.0 Å². The van der Waals surface area contributed by atoms with E-state index >= 15 is 0 Å². The molecule has 13 heavy (non-hydrogen) atoms. The van der Waals surface area contributed by atoms with Gasteiger partial charge in [0.1, 0.15) is 0 Å². The van der Waals surface area contributed by atoms with Crippen molar-refractivity contribution in [3.8, 4) is 0 Å². The van der Waals surface area contributed by atoms with Crippen LogP contribution < -0.4 is 5.73 Å². The van der Waals surface area contributed by atoms with Crippen LogP contribution >= 0.6 is 0 Å². The number of nitrogens with two attached hydrogens (primary N) is 1. The highest BCUT2D eigenvalue weighted by atomic mass is 16.3. The van der Waals surface area contributed by atoms with Crippen molar-refractivity contribution < 1.29 is 5.11 Å². The molecule has 2 heteroatoms. The maximum absolute atomic E-state index is 9.65. The molecule has 3 unspecified atom stereocenters. The highest BCUT2D eigenvalue weighted by molar-refractivity contribution is 4.72. The molecule has 0 spiro atoms. The Morgan fingerprint density at radius 1 is 1.15 bits per heavy atom. The normalized spacial score (nSPS) is 18.7. The molecule has 0 aliphatic heterocycles. The van der Waals surface area contributed by atoms with Crippen molar-refractivity contribution in [2.45, 2.75) is 59.1 Å². The van der Waals surface area contributed by atoms with Crippen molar-refractivity contribution in [2.24, 2.45) is 17.6 Å². The van der Waals surface area contributed by atoms with Crippen molar-refractivity contribution >= 4 is 0 Å². The minimum Gasteiger partial charge on any atom is -0.393 e. The van der Waals surface area contributed by atoms with Gasteiger partial charge in [0.15, 0.2) is 0 Å². The number of hydrogen-bond donors (Lipinski definition) is 2. The Kier molecular flexibility index (Phi) is 6.35. The highest BCUT2D eigenvalue weighted by Crippen LogP contribution is 2.14. The Balaban J connectivity index is 3.70. The van der Waals surface area contributed by atoms with Crippen molar-refractivity contribution in [3.63, 3.8) is 0 Å². The van der Waals surface area contributed by atoms with Crippen LogP contribution in [0.25, 0.3) is 0 Å². The Morgan fingerprint density at radius 3 is 2.08 bits per heavy atom. The zero-order chi connectivity index (χ0) is 10.4. The van der Waals surface area contributed by atoms with Gasteiger partial charge in [0.2, 0.25) is 0 Å². The van der Waals surface area contributed by atoms with Crippen LogP contribution in [0.2, 0.25) is 0 Å². The van der Waals surface area contributed by atoms with Crippen molar-refractivity contribution in [1.29, 1.82) is 0 Å². The Bertz CT molecular complexity index is 125. The SMILES string of the molecule is CCC(C)C(N)CC(O)CC(C)C. The molecule has 0 amide bonds. The Hall–Kier alpha value is -0.0800. The van der Waals surface area contributed by atoms with E-state index in [1.165, 1.54) is 0 Å². The lowest BCUT2D eigenvalue weighted by atomic mass is 9.92. The van der Waals surface area contributed by atoms with E-state index in [1.54, 1.807) is 0 Å². The van der Waals surface area contributed by atoms with Crippen LogP contribution in [-0.4, -0.2) is 17.3 Å². The second-order valence-corrected chi connectivity index (χ2v) is 4.57. The first kappa shape index (κ1) is 12.9. The molecule has 0 rings (SSSR count). The fourth-order valence-electron chi connectivity index (χ4n) is 1.49. The third-order valence-corrected chi connectivity index (χ3v) is 2.66. The van der Waals surface area contributed by atoms with E-state index in [4.69, 9.17) is 5.73 Å². The first-order chi connectivity index (χ1) is 5.97. The summed E-state index contributed by atoms with van der Waals surface area (Å²) in [7, 11) is 0. The van der Waals surface area contributed by atoms with E-state index in [0.717, 1.165) is 19.3 Å². The summed E-state index contributed by atoms with van der Waals surface area (Å²) in [6, 6.07) is 0.152. The van der Waals surface area contributed by atoms with Gasteiger partial charge < -0.3 is 10.8 Å². The maximum atomic E-state index is 9.65. The number of rotatable bonds is 6. The van der Waals surface area contributed by atoms with Gasteiger partial charge in [-0.1, -0.05) is 34.1 Å². The summed E-state index contributed by atoms with van der Waals surface area (Å²) in [5.41, 5.74) is 5.94. The number of aliphatic hydroxyl groups is 1. The van der Waals surface area contributed by atoms with Crippen LogP contribution in [0.3, 0.4) is 0 Å². The molecule has 0 aromatic heterocycles. The molecule has 80 valence electrons. The first-order valence-corrected chi connectivity index (χ1v) is 5.41. The lowest BCUT2D eigenvalue weighted by Crippen LogP contribution is -2.32. The maximum Gasteiger partial charge on any atom is 0.0557 e. The molecule has 3 atom stereocenters. The second kappa shape index (κ2) is 6.39. The van der Waals surface area contributed by atoms with Gasteiger partial charge in [-0.05, 0) is 24.7 Å². The zero-order valence-electron chi connectivity index (χ0n) is 9.46. The molecule has 0 saturated heterocycles. The van der Waals surface area contributed by atoms with Gasteiger partial charge in [0.25, 0.3) is 0 Å².